The highest BCUT2D eigenvalue weighted by Gasteiger charge is 2.14. The average molecular weight is 318 g/mol. The lowest BCUT2D eigenvalue weighted by Gasteiger charge is -2.01. The van der Waals surface area contributed by atoms with Crippen molar-refractivity contribution in [2.75, 3.05) is 12.0 Å². The summed E-state index contributed by atoms with van der Waals surface area (Å²) in [5.41, 5.74) is 7.91. The smallest absolute Gasteiger partial charge is 0.260 e. The van der Waals surface area contributed by atoms with Crippen molar-refractivity contribution in [3.63, 3.8) is 0 Å². The second kappa shape index (κ2) is 5.79. The van der Waals surface area contributed by atoms with Crippen LogP contribution in [0.15, 0.2) is 51.9 Å². The molecule has 0 spiro atoms. The molecule has 6 heteroatoms. The van der Waals surface area contributed by atoms with Crippen LogP contribution in [0.1, 0.15) is 0 Å². The van der Waals surface area contributed by atoms with Crippen LogP contribution in [0.25, 0.3) is 22.8 Å². The van der Waals surface area contributed by atoms with E-state index in [4.69, 9.17) is 21.9 Å². The van der Waals surface area contributed by atoms with Crippen molar-refractivity contribution in [2.45, 2.75) is 4.90 Å². The number of hydrogen-bond donors (Lipinski definition) is 1. The number of anilines is 1. The number of halogens is 1. The molecule has 106 valence electrons. The number of hydrogen-bond acceptors (Lipinski definition) is 5. The zero-order chi connectivity index (χ0) is 14.8. The third kappa shape index (κ3) is 2.75. The molecule has 0 aliphatic rings. The van der Waals surface area contributed by atoms with Crippen LogP contribution in [-0.4, -0.2) is 16.4 Å². The highest BCUT2D eigenvalue weighted by molar-refractivity contribution is 7.98. The SMILES string of the molecule is CSc1ccc(-c2noc(-c3cccc(Cl)c3N)n2)cc1. The third-order valence-corrected chi connectivity index (χ3v) is 4.13. The van der Waals surface area contributed by atoms with E-state index in [2.05, 4.69) is 10.1 Å². The normalized spacial score (nSPS) is 10.8. The lowest BCUT2D eigenvalue weighted by atomic mass is 10.2. The molecule has 1 heterocycles. The maximum absolute atomic E-state index is 6.00. The summed E-state index contributed by atoms with van der Waals surface area (Å²) in [5, 5.41) is 4.47. The Hall–Kier alpha value is -1.98. The van der Waals surface area contributed by atoms with Crippen LogP contribution in [0.2, 0.25) is 5.02 Å². The lowest BCUT2D eigenvalue weighted by Crippen LogP contribution is -1.91. The van der Waals surface area contributed by atoms with Crippen LogP contribution in [-0.2, 0) is 0 Å². The van der Waals surface area contributed by atoms with E-state index < -0.39 is 0 Å². The Balaban J connectivity index is 1.97. The van der Waals surface area contributed by atoms with Gasteiger partial charge in [-0.05, 0) is 42.7 Å². The molecule has 21 heavy (non-hydrogen) atoms. The van der Waals surface area contributed by atoms with Crippen molar-refractivity contribution in [1.82, 2.24) is 10.1 Å². The Morgan fingerprint density at radius 3 is 2.62 bits per heavy atom. The second-order valence-corrected chi connectivity index (χ2v) is 5.64. The van der Waals surface area contributed by atoms with E-state index in [1.807, 2.05) is 30.5 Å². The summed E-state index contributed by atoms with van der Waals surface area (Å²) in [6.07, 6.45) is 2.03. The first-order valence-corrected chi connectivity index (χ1v) is 7.82. The molecule has 0 radical (unpaired) electrons. The summed E-state index contributed by atoms with van der Waals surface area (Å²) in [6.45, 7) is 0. The molecule has 0 aliphatic heterocycles. The van der Waals surface area contributed by atoms with Gasteiger partial charge in [0.2, 0.25) is 5.82 Å². The molecule has 2 aromatic carbocycles. The van der Waals surface area contributed by atoms with E-state index in [-0.39, 0.29) is 0 Å². The number of rotatable bonds is 3. The number of nitrogens with zero attached hydrogens (tertiary/aromatic N) is 2. The first-order valence-electron chi connectivity index (χ1n) is 6.21. The van der Waals surface area contributed by atoms with Crippen LogP contribution in [0.4, 0.5) is 5.69 Å². The van der Waals surface area contributed by atoms with E-state index in [9.17, 15) is 0 Å². The minimum absolute atomic E-state index is 0.360. The summed E-state index contributed by atoms with van der Waals surface area (Å²) < 4.78 is 5.29. The summed E-state index contributed by atoms with van der Waals surface area (Å²) in [4.78, 5) is 5.57. The minimum atomic E-state index is 0.360. The molecule has 0 unspecified atom stereocenters. The zero-order valence-corrected chi connectivity index (χ0v) is 12.8. The Labute approximate surface area is 131 Å². The Kier molecular flexibility index (Phi) is 3.86. The second-order valence-electron chi connectivity index (χ2n) is 4.35. The molecular weight excluding hydrogens is 306 g/mol. The number of thioether (sulfide) groups is 1. The fourth-order valence-corrected chi connectivity index (χ4v) is 2.50. The largest absolute Gasteiger partial charge is 0.397 e. The van der Waals surface area contributed by atoms with Gasteiger partial charge in [0, 0.05) is 10.5 Å². The number of nitrogen functional groups attached to an aromatic ring is 1. The van der Waals surface area contributed by atoms with Gasteiger partial charge in [-0.3, -0.25) is 0 Å². The van der Waals surface area contributed by atoms with Crippen molar-refractivity contribution >= 4 is 29.1 Å². The summed E-state index contributed by atoms with van der Waals surface area (Å²) in [7, 11) is 0. The molecule has 0 saturated carbocycles. The monoisotopic (exact) mass is 317 g/mol. The maximum Gasteiger partial charge on any atom is 0.260 e. The van der Waals surface area contributed by atoms with E-state index in [0.29, 0.717) is 28.0 Å². The predicted octanol–water partition coefficient (Wildman–Crippen LogP) is 4.36. The standard InChI is InChI=1S/C15H12ClN3OS/c1-21-10-7-5-9(6-8-10)14-18-15(20-19-14)11-3-2-4-12(16)13(11)17/h2-8H,17H2,1H3. The minimum Gasteiger partial charge on any atom is -0.397 e. The van der Waals surface area contributed by atoms with Gasteiger partial charge in [-0.15, -0.1) is 11.8 Å². The fourth-order valence-electron chi connectivity index (χ4n) is 1.91. The van der Waals surface area contributed by atoms with Gasteiger partial charge in [0.15, 0.2) is 0 Å². The molecule has 1 aromatic heterocycles. The number of para-hydroxylation sites is 1. The van der Waals surface area contributed by atoms with Gasteiger partial charge >= 0.3 is 0 Å². The van der Waals surface area contributed by atoms with Crippen molar-refractivity contribution in [1.29, 1.82) is 0 Å². The molecule has 0 fully saturated rings. The van der Waals surface area contributed by atoms with Gasteiger partial charge in [-0.2, -0.15) is 4.98 Å². The molecule has 0 amide bonds. The molecule has 0 atom stereocenters. The molecule has 3 aromatic rings. The lowest BCUT2D eigenvalue weighted by molar-refractivity contribution is 0.432. The van der Waals surface area contributed by atoms with E-state index in [1.165, 1.54) is 4.90 Å². The first kappa shape index (κ1) is 14.0. The summed E-state index contributed by atoms with van der Waals surface area (Å²) in [6, 6.07) is 13.3. The van der Waals surface area contributed by atoms with Gasteiger partial charge in [0.05, 0.1) is 16.3 Å². The predicted molar refractivity (Wildman–Crippen MR) is 86.4 cm³/mol. The molecule has 3 rings (SSSR count). The number of benzene rings is 2. The first-order chi connectivity index (χ1) is 10.2. The Morgan fingerprint density at radius 1 is 1.14 bits per heavy atom. The maximum atomic E-state index is 6.00. The quantitative estimate of drug-likeness (QED) is 0.574. The third-order valence-electron chi connectivity index (χ3n) is 3.06. The zero-order valence-electron chi connectivity index (χ0n) is 11.2. The summed E-state index contributed by atoms with van der Waals surface area (Å²) in [5.74, 6) is 0.885. The fraction of sp³-hybridized carbons (Fsp3) is 0.0667. The van der Waals surface area contributed by atoms with Gasteiger partial charge in [0.25, 0.3) is 5.89 Å². The van der Waals surface area contributed by atoms with Gasteiger partial charge < -0.3 is 10.3 Å². The molecule has 0 saturated heterocycles. The molecule has 2 N–H and O–H groups in total. The molecule has 0 bridgehead atoms. The average Bonchev–Trinajstić information content (AvgIpc) is 3.00. The molecule has 0 aliphatic carbocycles. The van der Waals surface area contributed by atoms with Crippen molar-refractivity contribution in [2.24, 2.45) is 0 Å². The van der Waals surface area contributed by atoms with E-state index >= 15 is 0 Å². The number of nitrogens with two attached hydrogens (primary N) is 1. The van der Waals surface area contributed by atoms with Crippen molar-refractivity contribution in [3.8, 4) is 22.8 Å². The van der Waals surface area contributed by atoms with Crippen molar-refractivity contribution < 1.29 is 4.52 Å². The number of aromatic nitrogens is 2. The Bertz CT molecular complexity index is 771. The topological polar surface area (TPSA) is 64.9 Å². The highest BCUT2D eigenvalue weighted by atomic mass is 35.5. The molecule has 4 nitrogen and oxygen atoms in total. The van der Waals surface area contributed by atoms with Crippen molar-refractivity contribution in [3.05, 3.63) is 47.5 Å². The van der Waals surface area contributed by atoms with Crippen LogP contribution in [0.5, 0.6) is 0 Å². The van der Waals surface area contributed by atoms with Gasteiger partial charge in [0.1, 0.15) is 0 Å². The highest BCUT2D eigenvalue weighted by Crippen LogP contribution is 2.31. The van der Waals surface area contributed by atoms with Crippen LogP contribution >= 0.6 is 23.4 Å². The summed E-state index contributed by atoms with van der Waals surface area (Å²) >= 11 is 7.69. The Morgan fingerprint density at radius 2 is 1.90 bits per heavy atom. The van der Waals surface area contributed by atoms with E-state index in [1.54, 1.807) is 30.0 Å². The van der Waals surface area contributed by atoms with Gasteiger partial charge in [-0.25, -0.2) is 0 Å². The van der Waals surface area contributed by atoms with Crippen LogP contribution in [0, 0.1) is 0 Å². The van der Waals surface area contributed by atoms with Gasteiger partial charge in [-0.1, -0.05) is 22.8 Å². The van der Waals surface area contributed by atoms with E-state index in [0.717, 1.165) is 5.56 Å². The van der Waals surface area contributed by atoms with Crippen LogP contribution in [0.3, 0.4) is 0 Å². The van der Waals surface area contributed by atoms with Crippen LogP contribution < -0.4 is 5.73 Å². The molecular formula is C15H12ClN3OS.